The second-order valence-corrected chi connectivity index (χ2v) is 8.12. The Kier molecular flexibility index (Phi) is 4.47. The zero-order chi connectivity index (χ0) is 21.0. The Labute approximate surface area is 173 Å². The summed E-state index contributed by atoms with van der Waals surface area (Å²) in [7, 11) is 0. The van der Waals surface area contributed by atoms with Gasteiger partial charge in [0.15, 0.2) is 5.43 Å². The molecule has 2 atom stereocenters. The lowest BCUT2D eigenvalue weighted by Crippen LogP contribution is -2.36. The van der Waals surface area contributed by atoms with Crippen LogP contribution in [0, 0.1) is 19.7 Å². The van der Waals surface area contributed by atoms with Crippen LogP contribution in [0.4, 0.5) is 4.39 Å². The van der Waals surface area contributed by atoms with Gasteiger partial charge in [-0.3, -0.25) is 9.59 Å². The minimum atomic E-state index is -0.833. The van der Waals surface area contributed by atoms with Gasteiger partial charge >= 0.3 is 0 Å². The van der Waals surface area contributed by atoms with Crippen LogP contribution in [-0.2, 0) is 4.74 Å². The molecule has 1 amide bonds. The smallest absolute Gasteiger partial charge is 0.291 e. The molecule has 2 aliphatic rings. The first kappa shape index (κ1) is 19.0. The molecule has 1 fully saturated rings. The molecule has 0 aliphatic carbocycles. The molecule has 5 nitrogen and oxygen atoms in total. The van der Waals surface area contributed by atoms with Crippen LogP contribution in [0.25, 0.3) is 11.0 Å². The third-order valence-electron chi connectivity index (χ3n) is 6.21. The van der Waals surface area contributed by atoms with E-state index in [-0.39, 0.29) is 35.0 Å². The van der Waals surface area contributed by atoms with Crippen molar-refractivity contribution in [1.82, 2.24) is 4.90 Å². The summed E-state index contributed by atoms with van der Waals surface area (Å²) in [4.78, 5) is 28.4. The van der Waals surface area contributed by atoms with Crippen LogP contribution in [0.2, 0.25) is 0 Å². The molecule has 3 heterocycles. The standard InChI is InChI=1S/C24H22FNO4/c1-13-10-17-19(11-14(13)2)30-23-20(22(17)27)21(16-7-3-4-8-18(16)25)26(24(23)28)12-15-6-5-9-29-15/h3-4,7-8,10-11,15,21H,5-6,9,12H2,1-2H3/t15-,21-/m1/s1. The summed E-state index contributed by atoms with van der Waals surface area (Å²) in [6.07, 6.45) is 1.61. The Morgan fingerprint density at radius 2 is 1.90 bits per heavy atom. The van der Waals surface area contributed by atoms with Crippen LogP contribution >= 0.6 is 0 Å². The largest absolute Gasteiger partial charge is 0.450 e. The van der Waals surface area contributed by atoms with Crippen molar-refractivity contribution >= 4 is 16.9 Å². The molecule has 0 bridgehead atoms. The molecule has 3 aromatic rings. The molecule has 1 saturated heterocycles. The first-order valence-corrected chi connectivity index (χ1v) is 10.2. The zero-order valence-electron chi connectivity index (χ0n) is 16.9. The van der Waals surface area contributed by atoms with E-state index >= 15 is 0 Å². The summed E-state index contributed by atoms with van der Waals surface area (Å²) < 4.78 is 26.5. The van der Waals surface area contributed by atoms with Crippen LogP contribution in [-0.4, -0.2) is 30.1 Å². The predicted molar refractivity (Wildman–Crippen MR) is 110 cm³/mol. The molecular formula is C24H22FNO4. The number of carbonyl (C=O) groups is 1. The Balaban J connectivity index is 1.74. The summed E-state index contributed by atoms with van der Waals surface area (Å²) >= 11 is 0. The topological polar surface area (TPSA) is 59.8 Å². The summed E-state index contributed by atoms with van der Waals surface area (Å²) in [6.45, 7) is 4.78. The van der Waals surface area contributed by atoms with E-state index < -0.39 is 17.8 Å². The highest BCUT2D eigenvalue weighted by Gasteiger charge is 2.44. The SMILES string of the molecule is Cc1cc2oc3c(c(=O)c2cc1C)[C@@H](c1ccccc1F)N(C[C@H]1CCCO1)C3=O. The van der Waals surface area contributed by atoms with E-state index in [4.69, 9.17) is 9.15 Å². The number of hydrogen-bond donors (Lipinski definition) is 0. The molecule has 0 saturated carbocycles. The van der Waals surface area contributed by atoms with Gasteiger partial charge in [0.25, 0.3) is 5.91 Å². The fourth-order valence-electron chi connectivity index (χ4n) is 4.49. The van der Waals surface area contributed by atoms with Gasteiger partial charge in [-0.05, 0) is 56.0 Å². The minimum Gasteiger partial charge on any atom is -0.450 e. The normalized spacial score (nSPS) is 20.9. The van der Waals surface area contributed by atoms with Gasteiger partial charge in [-0.25, -0.2) is 4.39 Å². The van der Waals surface area contributed by atoms with Crippen molar-refractivity contribution in [3.8, 4) is 0 Å². The van der Waals surface area contributed by atoms with Gasteiger partial charge in [0.2, 0.25) is 5.76 Å². The van der Waals surface area contributed by atoms with E-state index in [1.54, 1.807) is 30.3 Å². The number of ether oxygens (including phenoxy) is 1. The summed E-state index contributed by atoms with van der Waals surface area (Å²) in [5.74, 6) is -0.854. The lowest BCUT2D eigenvalue weighted by atomic mass is 9.97. The number of nitrogens with zero attached hydrogens (tertiary/aromatic N) is 1. The summed E-state index contributed by atoms with van der Waals surface area (Å²) in [5, 5.41) is 0.407. The number of amides is 1. The Morgan fingerprint density at radius 3 is 2.63 bits per heavy atom. The summed E-state index contributed by atoms with van der Waals surface area (Å²) in [6, 6.07) is 8.99. The molecular weight excluding hydrogens is 385 g/mol. The maximum atomic E-state index is 14.8. The predicted octanol–water partition coefficient (Wildman–Crippen LogP) is 4.27. The fourth-order valence-corrected chi connectivity index (χ4v) is 4.49. The van der Waals surface area contributed by atoms with Crippen molar-refractivity contribution in [2.75, 3.05) is 13.2 Å². The molecule has 0 unspecified atom stereocenters. The second kappa shape index (κ2) is 7.06. The summed E-state index contributed by atoms with van der Waals surface area (Å²) in [5.41, 5.74) is 2.51. The first-order valence-electron chi connectivity index (χ1n) is 10.2. The van der Waals surface area contributed by atoms with E-state index in [1.807, 2.05) is 13.8 Å². The average Bonchev–Trinajstić information content (AvgIpc) is 3.32. The molecule has 2 aliphatic heterocycles. The number of benzene rings is 2. The molecule has 2 aromatic carbocycles. The molecule has 154 valence electrons. The lowest BCUT2D eigenvalue weighted by Gasteiger charge is -2.27. The Hall–Kier alpha value is -2.99. The highest BCUT2D eigenvalue weighted by Crippen LogP contribution is 2.40. The van der Waals surface area contributed by atoms with Crippen LogP contribution < -0.4 is 5.43 Å². The van der Waals surface area contributed by atoms with Crippen molar-refractivity contribution in [2.24, 2.45) is 0 Å². The van der Waals surface area contributed by atoms with Crippen LogP contribution in [0.3, 0.4) is 0 Å². The quantitative estimate of drug-likeness (QED) is 0.651. The maximum absolute atomic E-state index is 14.8. The van der Waals surface area contributed by atoms with Crippen molar-refractivity contribution < 1.29 is 18.3 Å². The minimum absolute atomic E-state index is 0.00185. The van der Waals surface area contributed by atoms with Gasteiger partial charge in [-0.2, -0.15) is 0 Å². The second-order valence-electron chi connectivity index (χ2n) is 8.12. The highest BCUT2D eigenvalue weighted by molar-refractivity contribution is 5.99. The zero-order valence-corrected chi connectivity index (χ0v) is 16.9. The van der Waals surface area contributed by atoms with Gasteiger partial charge in [-0.1, -0.05) is 18.2 Å². The van der Waals surface area contributed by atoms with Crippen LogP contribution in [0.5, 0.6) is 0 Å². The van der Waals surface area contributed by atoms with Gasteiger partial charge in [0.1, 0.15) is 11.4 Å². The monoisotopic (exact) mass is 407 g/mol. The molecule has 0 N–H and O–H groups in total. The molecule has 0 radical (unpaired) electrons. The number of rotatable bonds is 3. The van der Waals surface area contributed by atoms with E-state index in [9.17, 15) is 14.0 Å². The van der Waals surface area contributed by atoms with E-state index in [2.05, 4.69) is 0 Å². The molecule has 5 rings (SSSR count). The first-order chi connectivity index (χ1) is 14.5. The Bertz CT molecular complexity index is 1230. The van der Waals surface area contributed by atoms with E-state index in [1.165, 1.54) is 11.0 Å². The third-order valence-corrected chi connectivity index (χ3v) is 6.21. The van der Waals surface area contributed by atoms with Gasteiger partial charge in [0, 0.05) is 18.7 Å². The fraction of sp³-hybridized carbons (Fsp3) is 0.333. The van der Waals surface area contributed by atoms with E-state index in [0.717, 1.165) is 24.0 Å². The Morgan fingerprint density at radius 1 is 1.13 bits per heavy atom. The van der Waals surface area contributed by atoms with Crippen LogP contribution in [0.15, 0.2) is 45.6 Å². The van der Waals surface area contributed by atoms with Crippen LogP contribution in [0.1, 0.15) is 51.7 Å². The van der Waals surface area contributed by atoms with Crippen molar-refractivity contribution in [2.45, 2.75) is 38.8 Å². The molecule has 0 spiro atoms. The van der Waals surface area contributed by atoms with Crippen molar-refractivity contribution in [1.29, 1.82) is 0 Å². The number of halogens is 1. The molecule has 6 heteroatoms. The van der Waals surface area contributed by atoms with E-state index in [0.29, 0.717) is 17.6 Å². The number of fused-ring (bicyclic) bond motifs is 2. The number of hydrogen-bond acceptors (Lipinski definition) is 4. The number of aryl methyl sites for hydroxylation is 2. The molecule has 1 aromatic heterocycles. The van der Waals surface area contributed by atoms with Gasteiger partial charge in [0.05, 0.1) is 23.1 Å². The van der Waals surface area contributed by atoms with Gasteiger partial charge in [-0.15, -0.1) is 0 Å². The lowest BCUT2D eigenvalue weighted by molar-refractivity contribution is 0.0483. The third kappa shape index (κ3) is 2.86. The highest BCUT2D eigenvalue weighted by atomic mass is 19.1. The maximum Gasteiger partial charge on any atom is 0.291 e. The van der Waals surface area contributed by atoms with Crippen molar-refractivity contribution in [3.05, 3.63) is 80.5 Å². The van der Waals surface area contributed by atoms with Crippen molar-refractivity contribution in [3.63, 3.8) is 0 Å². The molecule has 30 heavy (non-hydrogen) atoms. The average molecular weight is 407 g/mol. The van der Waals surface area contributed by atoms with Gasteiger partial charge < -0.3 is 14.1 Å². The number of carbonyl (C=O) groups excluding carboxylic acids is 1.